The van der Waals surface area contributed by atoms with Crippen LogP contribution in [0.5, 0.6) is 0 Å². The Morgan fingerprint density at radius 2 is 2.12 bits per heavy atom. The summed E-state index contributed by atoms with van der Waals surface area (Å²) in [5.41, 5.74) is 7.76. The Morgan fingerprint density at radius 1 is 1.44 bits per heavy atom. The van der Waals surface area contributed by atoms with Gasteiger partial charge in [0.15, 0.2) is 0 Å². The lowest BCUT2D eigenvalue weighted by atomic mass is 10.1. The van der Waals surface area contributed by atoms with Gasteiger partial charge < -0.3 is 10.5 Å². The van der Waals surface area contributed by atoms with Crippen molar-refractivity contribution in [1.29, 1.82) is 0 Å². The van der Waals surface area contributed by atoms with Crippen molar-refractivity contribution in [2.75, 3.05) is 12.3 Å². The van der Waals surface area contributed by atoms with E-state index in [0.29, 0.717) is 23.8 Å². The summed E-state index contributed by atoms with van der Waals surface area (Å²) in [6.07, 6.45) is 1.00. The molecule has 2 N–H and O–H groups in total. The molecule has 3 nitrogen and oxygen atoms in total. The van der Waals surface area contributed by atoms with Crippen molar-refractivity contribution in [3.05, 3.63) is 29.3 Å². The average molecular weight is 221 g/mol. The van der Waals surface area contributed by atoms with Crippen molar-refractivity contribution in [2.45, 2.75) is 27.2 Å². The molecule has 0 aliphatic rings. The molecule has 1 unspecified atom stereocenters. The summed E-state index contributed by atoms with van der Waals surface area (Å²) in [5, 5.41) is 0. The fourth-order valence-corrected chi connectivity index (χ4v) is 1.35. The molecule has 0 amide bonds. The van der Waals surface area contributed by atoms with Gasteiger partial charge in [-0.2, -0.15) is 0 Å². The third-order valence-corrected chi connectivity index (χ3v) is 2.53. The summed E-state index contributed by atoms with van der Waals surface area (Å²) in [5.74, 6) is 0.0989. The van der Waals surface area contributed by atoms with E-state index in [1.165, 1.54) is 0 Å². The molecule has 88 valence electrons. The van der Waals surface area contributed by atoms with Crippen LogP contribution in [0.4, 0.5) is 5.69 Å². The van der Waals surface area contributed by atoms with Gasteiger partial charge in [-0.3, -0.25) is 0 Å². The minimum absolute atomic E-state index is 0.296. The molecule has 0 aliphatic heterocycles. The molecule has 0 heterocycles. The normalized spacial score (nSPS) is 12.2. The number of carbonyl (C=O) groups is 1. The van der Waals surface area contributed by atoms with E-state index in [1.807, 2.05) is 13.0 Å². The van der Waals surface area contributed by atoms with Crippen LogP contribution >= 0.6 is 0 Å². The van der Waals surface area contributed by atoms with Crippen molar-refractivity contribution in [2.24, 2.45) is 5.92 Å². The Morgan fingerprint density at radius 3 is 2.69 bits per heavy atom. The second-order valence-corrected chi connectivity index (χ2v) is 4.24. The first-order valence-electron chi connectivity index (χ1n) is 5.57. The summed E-state index contributed by atoms with van der Waals surface area (Å²) in [7, 11) is 0. The third kappa shape index (κ3) is 3.57. The van der Waals surface area contributed by atoms with Crippen LogP contribution in [0, 0.1) is 12.8 Å². The average Bonchev–Trinajstić information content (AvgIpc) is 2.23. The molecule has 1 rings (SSSR count). The Labute approximate surface area is 96.6 Å². The van der Waals surface area contributed by atoms with Gasteiger partial charge in [0.1, 0.15) is 0 Å². The third-order valence-electron chi connectivity index (χ3n) is 2.53. The van der Waals surface area contributed by atoms with Crippen molar-refractivity contribution in [3.8, 4) is 0 Å². The first kappa shape index (κ1) is 12.6. The van der Waals surface area contributed by atoms with Gasteiger partial charge in [-0.15, -0.1) is 0 Å². The van der Waals surface area contributed by atoms with Crippen LogP contribution in [0.2, 0.25) is 0 Å². The molecule has 0 fully saturated rings. The minimum atomic E-state index is -0.296. The summed E-state index contributed by atoms with van der Waals surface area (Å²) in [6.45, 7) is 6.49. The smallest absolute Gasteiger partial charge is 0.338 e. The molecule has 0 saturated carbocycles. The van der Waals surface area contributed by atoms with Gasteiger partial charge in [0.2, 0.25) is 0 Å². The van der Waals surface area contributed by atoms with Crippen LogP contribution in [0.1, 0.15) is 36.2 Å². The molecule has 3 heteroatoms. The van der Waals surface area contributed by atoms with Gasteiger partial charge in [0.25, 0.3) is 0 Å². The predicted octanol–water partition coefficient (Wildman–Crippen LogP) is 2.78. The zero-order valence-electron chi connectivity index (χ0n) is 10.1. The van der Waals surface area contributed by atoms with Crippen molar-refractivity contribution in [3.63, 3.8) is 0 Å². The topological polar surface area (TPSA) is 52.3 Å². The lowest BCUT2D eigenvalue weighted by molar-refractivity contribution is 0.0447. The van der Waals surface area contributed by atoms with E-state index in [2.05, 4.69) is 13.8 Å². The highest BCUT2D eigenvalue weighted by atomic mass is 16.5. The monoisotopic (exact) mass is 221 g/mol. The Bertz CT molecular complexity index is 354. The second-order valence-electron chi connectivity index (χ2n) is 4.24. The van der Waals surface area contributed by atoms with Crippen LogP contribution in [0.3, 0.4) is 0 Å². The number of aryl methyl sites for hydroxylation is 1. The van der Waals surface area contributed by atoms with Crippen molar-refractivity contribution in [1.82, 2.24) is 0 Å². The van der Waals surface area contributed by atoms with Crippen LogP contribution in [-0.4, -0.2) is 12.6 Å². The highest BCUT2D eigenvalue weighted by Gasteiger charge is 2.09. The fraction of sp³-hybridized carbons (Fsp3) is 0.462. The molecular weight excluding hydrogens is 202 g/mol. The summed E-state index contributed by atoms with van der Waals surface area (Å²) >= 11 is 0. The zero-order chi connectivity index (χ0) is 12.1. The lowest BCUT2D eigenvalue weighted by Gasteiger charge is -2.10. The fourth-order valence-electron chi connectivity index (χ4n) is 1.35. The number of esters is 1. The number of nitrogen functional groups attached to an aromatic ring is 1. The Balaban J connectivity index is 2.66. The van der Waals surface area contributed by atoms with Gasteiger partial charge in [-0.05, 0) is 36.6 Å². The van der Waals surface area contributed by atoms with E-state index in [-0.39, 0.29) is 5.97 Å². The van der Waals surface area contributed by atoms with Crippen molar-refractivity contribution < 1.29 is 9.53 Å². The standard InChI is InChI=1S/C13H19NO2/c1-4-9(2)8-16-13(15)11-5-10(3)6-12(14)7-11/h5-7,9H,4,8,14H2,1-3H3. The molecule has 0 saturated heterocycles. The molecule has 0 bridgehead atoms. The van der Waals surface area contributed by atoms with E-state index >= 15 is 0 Å². The largest absolute Gasteiger partial charge is 0.462 e. The summed E-state index contributed by atoms with van der Waals surface area (Å²) in [4.78, 5) is 11.7. The summed E-state index contributed by atoms with van der Waals surface area (Å²) < 4.78 is 5.20. The molecule has 0 aliphatic carbocycles. The molecule has 16 heavy (non-hydrogen) atoms. The van der Waals surface area contributed by atoms with Crippen LogP contribution < -0.4 is 5.73 Å². The number of nitrogens with two attached hydrogens (primary N) is 1. The number of anilines is 1. The molecule has 1 aromatic carbocycles. The minimum Gasteiger partial charge on any atom is -0.462 e. The number of hydrogen-bond acceptors (Lipinski definition) is 3. The highest BCUT2D eigenvalue weighted by Crippen LogP contribution is 2.13. The van der Waals surface area contributed by atoms with Gasteiger partial charge in [0.05, 0.1) is 12.2 Å². The first-order chi connectivity index (χ1) is 7.52. The molecule has 1 atom stereocenters. The van der Waals surface area contributed by atoms with Crippen molar-refractivity contribution >= 4 is 11.7 Å². The van der Waals surface area contributed by atoms with Gasteiger partial charge in [-0.25, -0.2) is 4.79 Å². The van der Waals surface area contributed by atoms with Gasteiger partial charge >= 0.3 is 5.97 Å². The Kier molecular flexibility index (Phi) is 4.35. The van der Waals surface area contributed by atoms with E-state index in [0.717, 1.165) is 12.0 Å². The number of benzene rings is 1. The van der Waals surface area contributed by atoms with E-state index < -0.39 is 0 Å². The van der Waals surface area contributed by atoms with E-state index in [1.54, 1.807) is 12.1 Å². The van der Waals surface area contributed by atoms with Crippen LogP contribution in [0.15, 0.2) is 18.2 Å². The lowest BCUT2D eigenvalue weighted by Crippen LogP contribution is -2.12. The number of carbonyl (C=O) groups excluding carboxylic acids is 1. The molecule has 0 spiro atoms. The zero-order valence-corrected chi connectivity index (χ0v) is 10.1. The van der Waals surface area contributed by atoms with E-state index in [4.69, 9.17) is 10.5 Å². The summed E-state index contributed by atoms with van der Waals surface area (Å²) in [6, 6.07) is 5.26. The molecule has 0 radical (unpaired) electrons. The number of ether oxygens (including phenoxy) is 1. The number of hydrogen-bond donors (Lipinski definition) is 1. The molecular formula is C13H19NO2. The SMILES string of the molecule is CCC(C)COC(=O)c1cc(C)cc(N)c1. The molecule has 0 aromatic heterocycles. The van der Waals surface area contributed by atoms with Crippen LogP contribution in [-0.2, 0) is 4.74 Å². The highest BCUT2D eigenvalue weighted by molar-refractivity contribution is 5.90. The quantitative estimate of drug-likeness (QED) is 0.628. The predicted molar refractivity (Wildman–Crippen MR) is 65.3 cm³/mol. The first-order valence-corrected chi connectivity index (χ1v) is 5.57. The maximum absolute atomic E-state index is 11.7. The maximum Gasteiger partial charge on any atom is 0.338 e. The second kappa shape index (κ2) is 5.54. The Hall–Kier alpha value is -1.51. The van der Waals surface area contributed by atoms with Gasteiger partial charge in [0, 0.05) is 5.69 Å². The van der Waals surface area contributed by atoms with Gasteiger partial charge in [-0.1, -0.05) is 20.3 Å². The van der Waals surface area contributed by atoms with Crippen LogP contribution in [0.25, 0.3) is 0 Å². The maximum atomic E-state index is 11.7. The van der Waals surface area contributed by atoms with E-state index in [9.17, 15) is 4.79 Å². The molecule has 1 aromatic rings. The number of rotatable bonds is 4.